The van der Waals surface area contributed by atoms with Crippen LogP contribution in [-0.4, -0.2) is 13.4 Å². The van der Waals surface area contributed by atoms with Crippen molar-refractivity contribution in [1.82, 2.24) is 9.71 Å². The molecule has 2 aromatic heterocycles. The van der Waals surface area contributed by atoms with Crippen molar-refractivity contribution in [1.29, 1.82) is 5.26 Å². The highest BCUT2D eigenvalue weighted by Gasteiger charge is 2.14. The summed E-state index contributed by atoms with van der Waals surface area (Å²) in [4.78, 5) is 4.41. The van der Waals surface area contributed by atoms with Crippen molar-refractivity contribution < 1.29 is 12.8 Å². The Bertz CT molecular complexity index is 1080. The molecule has 3 rings (SSSR count). The van der Waals surface area contributed by atoms with E-state index in [4.69, 9.17) is 4.42 Å². The van der Waals surface area contributed by atoms with E-state index in [0.29, 0.717) is 22.0 Å². The van der Waals surface area contributed by atoms with E-state index < -0.39 is 10.0 Å². The third-order valence-corrected chi connectivity index (χ3v) is 5.94. The van der Waals surface area contributed by atoms with E-state index in [1.165, 1.54) is 29.7 Å². The SMILES string of the molecule is Cc1csc(/C(C#N)=C/Nc2ccc(S(=O)(=O)NCc3ccco3)cc2)n1. The van der Waals surface area contributed by atoms with Crippen LogP contribution in [-0.2, 0) is 16.6 Å². The number of aryl methyl sites for hydroxylation is 1. The van der Waals surface area contributed by atoms with Crippen LogP contribution < -0.4 is 10.0 Å². The second-order valence-electron chi connectivity index (χ2n) is 5.54. The summed E-state index contributed by atoms with van der Waals surface area (Å²) < 4.78 is 32.2. The third kappa shape index (κ3) is 4.83. The van der Waals surface area contributed by atoms with E-state index in [0.717, 1.165) is 5.69 Å². The molecule has 0 spiro atoms. The first-order chi connectivity index (χ1) is 13.0. The van der Waals surface area contributed by atoms with E-state index in [-0.39, 0.29) is 11.4 Å². The van der Waals surface area contributed by atoms with E-state index >= 15 is 0 Å². The summed E-state index contributed by atoms with van der Waals surface area (Å²) in [6.07, 6.45) is 3.04. The van der Waals surface area contributed by atoms with Crippen LogP contribution in [0.25, 0.3) is 5.57 Å². The maximum Gasteiger partial charge on any atom is 0.240 e. The Hall–Kier alpha value is -2.93. The van der Waals surface area contributed by atoms with Crippen molar-refractivity contribution in [3.63, 3.8) is 0 Å². The lowest BCUT2D eigenvalue weighted by Crippen LogP contribution is -2.22. The number of allylic oxidation sites excluding steroid dienone is 1. The van der Waals surface area contributed by atoms with E-state index in [2.05, 4.69) is 21.1 Å². The minimum Gasteiger partial charge on any atom is -0.468 e. The Labute approximate surface area is 161 Å². The number of benzene rings is 1. The van der Waals surface area contributed by atoms with Crippen molar-refractivity contribution in [2.24, 2.45) is 0 Å². The average molecular weight is 400 g/mol. The first-order valence-corrected chi connectivity index (χ1v) is 10.3. The molecule has 1 aromatic carbocycles. The molecule has 138 valence electrons. The largest absolute Gasteiger partial charge is 0.468 e. The van der Waals surface area contributed by atoms with Crippen LogP contribution in [0, 0.1) is 18.3 Å². The van der Waals surface area contributed by atoms with Gasteiger partial charge in [-0.05, 0) is 43.3 Å². The van der Waals surface area contributed by atoms with E-state index in [1.54, 1.807) is 30.5 Å². The van der Waals surface area contributed by atoms with E-state index in [1.807, 2.05) is 12.3 Å². The summed E-state index contributed by atoms with van der Waals surface area (Å²) in [6.45, 7) is 1.94. The minimum absolute atomic E-state index is 0.0802. The zero-order valence-electron chi connectivity index (χ0n) is 14.3. The van der Waals surface area contributed by atoms with Gasteiger partial charge in [-0.3, -0.25) is 0 Å². The number of sulfonamides is 1. The molecule has 0 fully saturated rings. The zero-order chi connectivity index (χ0) is 19.3. The normalized spacial score (nSPS) is 11.9. The number of nitriles is 1. The van der Waals surface area contributed by atoms with Gasteiger partial charge in [-0.25, -0.2) is 18.1 Å². The Kier molecular flexibility index (Phi) is 5.71. The number of nitrogens with zero attached hydrogens (tertiary/aromatic N) is 2. The smallest absolute Gasteiger partial charge is 0.240 e. The number of anilines is 1. The molecular formula is C18H16N4O3S2. The predicted molar refractivity (Wildman–Crippen MR) is 103 cm³/mol. The molecule has 3 aromatic rings. The fraction of sp³-hybridized carbons (Fsp3) is 0.111. The van der Waals surface area contributed by atoms with Gasteiger partial charge in [-0.1, -0.05) is 0 Å². The highest BCUT2D eigenvalue weighted by molar-refractivity contribution is 7.89. The zero-order valence-corrected chi connectivity index (χ0v) is 16.0. The summed E-state index contributed by atoms with van der Waals surface area (Å²) in [5, 5.41) is 14.8. The van der Waals surface area contributed by atoms with Crippen LogP contribution in [0.4, 0.5) is 5.69 Å². The highest BCUT2D eigenvalue weighted by atomic mass is 32.2. The van der Waals surface area contributed by atoms with Gasteiger partial charge >= 0.3 is 0 Å². The molecule has 0 amide bonds. The number of hydrogen-bond acceptors (Lipinski definition) is 7. The Balaban J connectivity index is 1.67. The maximum absolute atomic E-state index is 12.3. The molecule has 0 unspecified atom stereocenters. The second kappa shape index (κ2) is 8.18. The fourth-order valence-electron chi connectivity index (χ4n) is 2.17. The lowest BCUT2D eigenvalue weighted by molar-refractivity contribution is 0.498. The highest BCUT2D eigenvalue weighted by Crippen LogP contribution is 2.20. The number of rotatable bonds is 7. The van der Waals surface area contributed by atoms with Crippen LogP contribution in [0.3, 0.4) is 0 Å². The van der Waals surface area contributed by atoms with Gasteiger partial charge in [0.15, 0.2) is 0 Å². The first kappa shape index (κ1) is 18.8. The Morgan fingerprint density at radius 1 is 1.33 bits per heavy atom. The number of aromatic nitrogens is 1. The molecule has 0 saturated carbocycles. The third-order valence-electron chi connectivity index (χ3n) is 3.53. The number of hydrogen-bond donors (Lipinski definition) is 2. The van der Waals surface area contributed by atoms with Gasteiger partial charge in [0, 0.05) is 23.0 Å². The number of thiazole rings is 1. The predicted octanol–water partition coefficient (Wildman–Crippen LogP) is 3.50. The van der Waals surface area contributed by atoms with Crippen LogP contribution in [0.15, 0.2) is 63.6 Å². The standard InChI is InChI=1S/C18H16N4O3S2/c1-13-12-26-18(22-13)14(9-19)10-20-15-4-6-17(7-5-15)27(23,24)21-11-16-3-2-8-25-16/h2-8,10,12,20-21H,11H2,1H3/b14-10+. The molecule has 0 aliphatic carbocycles. The molecule has 0 atom stereocenters. The Morgan fingerprint density at radius 2 is 2.11 bits per heavy atom. The number of furan rings is 1. The van der Waals surface area contributed by atoms with Gasteiger partial charge < -0.3 is 9.73 Å². The molecular weight excluding hydrogens is 384 g/mol. The monoisotopic (exact) mass is 400 g/mol. The molecule has 0 aliphatic rings. The van der Waals surface area contributed by atoms with Crippen LogP contribution in [0.5, 0.6) is 0 Å². The van der Waals surface area contributed by atoms with Crippen molar-refractivity contribution in [2.75, 3.05) is 5.32 Å². The van der Waals surface area contributed by atoms with Gasteiger partial charge in [0.2, 0.25) is 10.0 Å². The molecule has 0 bridgehead atoms. The summed E-state index contributed by atoms with van der Waals surface area (Å²) in [7, 11) is -3.64. The van der Waals surface area contributed by atoms with Gasteiger partial charge in [0.25, 0.3) is 0 Å². The Morgan fingerprint density at radius 3 is 2.70 bits per heavy atom. The van der Waals surface area contributed by atoms with Crippen LogP contribution in [0.2, 0.25) is 0 Å². The molecule has 7 nitrogen and oxygen atoms in total. The van der Waals surface area contributed by atoms with Gasteiger partial charge in [-0.2, -0.15) is 5.26 Å². The summed E-state index contributed by atoms with van der Waals surface area (Å²) in [5.74, 6) is 0.531. The minimum atomic E-state index is -3.64. The molecule has 0 saturated heterocycles. The van der Waals surface area contributed by atoms with Crippen molar-refractivity contribution in [3.8, 4) is 6.07 Å². The molecule has 0 aliphatic heterocycles. The first-order valence-electron chi connectivity index (χ1n) is 7.89. The van der Waals surface area contributed by atoms with Crippen molar-refractivity contribution in [3.05, 3.63) is 70.7 Å². The lowest BCUT2D eigenvalue weighted by atomic mass is 10.3. The second-order valence-corrected chi connectivity index (χ2v) is 8.16. The summed E-state index contributed by atoms with van der Waals surface area (Å²) in [6, 6.07) is 11.7. The van der Waals surface area contributed by atoms with Gasteiger partial charge in [0.05, 0.1) is 17.7 Å². The topological polar surface area (TPSA) is 108 Å². The lowest BCUT2D eigenvalue weighted by Gasteiger charge is -2.07. The van der Waals surface area contributed by atoms with Crippen LogP contribution >= 0.6 is 11.3 Å². The van der Waals surface area contributed by atoms with Crippen molar-refractivity contribution in [2.45, 2.75) is 18.4 Å². The van der Waals surface area contributed by atoms with Crippen molar-refractivity contribution >= 4 is 32.6 Å². The molecule has 2 heterocycles. The van der Waals surface area contributed by atoms with E-state index in [9.17, 15) is 13.7 Å². The molecule has 9 heteroatoms. The fourth-order valence-corrected chi connectivity index (χ4v) is 3.92. The van der Waals surface area contributed by atoms with Gasteiger partial charge in [0.1, 0.15) is 22.4 Å². The quantitative estimate of drug-likeness (QED) is 0.588. The summed E-state index contributed by atoms with van der Waals surface area (Å²) >= 11 is 1.39. The maximum atomic E-state index is 12.3. The summed E-state index contributed by atoms with van der Waals surface area (Å²) in [5.41, 5.74) is 1.92. The molecule has 2 N–H and O–H groups in total. The molecule has 27 heavy (non-hydrogen) atoms. The van der Waals surface area contributed by atoms with Crippen LogP contribution in [0.1, 0.15) is 16.5 Å². The molecule has 0 radical (unpaired) electrons. The average Bonchev–Trinajstić information content (AvgIpc) is 3.33. The van der Waals surface area contributed by atoms with Gasteiger partial charge in [-0.15, -0.1) is 11.3 Å². The number of nitrogens with one attached hydrogen (secondary N) is 2.